The van der Waals surface area contributed by atoms with Gasteiger partial charge >= 0.3 is 0 Å². The lowest BCUT2D eigenvalue weighted by Gasteiger charge is -2.31. The number of hydrogen-bond acceptors (Lipinski definition) is 3. The molecule has 0 spiro atoms. The zero-order valence-electron chi connectivity index (χ0n) is 11.8. The van der Waals surface area contributed by atoms with E-state index in [9.17, 15) is 10.1 Å². The van der Waals surface area contributed by atoms with Gasteiger partial charge < -0.3 is 4.90 Å². The molecule has 4 nitrogen and oxygen atoms in total. The second-order valence-electron chi connectivity index (χ2n) is 5.33. The highest BCUT2D eigenvalue weighted by Crippen LogP contribution is 2.32. The van der Waals surface area contributed by atoms with Crippen LogP contribution in [-0.4, -0.2) is 11.5 Å². The first kappa shape index (κ1) is 15.1. The molecular weight excluding hydrogens is 323 g/mol. The van der Waals surface area contributed by atoms with Crippen LogP contribution < -0.4 is 4.90 Å². The third kappa shape index (κ3) is 3.03. The molecule has 0 amide bonds. The van der Waals surface area contributed by atoms with Crippen molar-refractivity contribution in [1.82, 2.24) is 0 Å². The highest BCUT2D eigenvalue weighted by atomic mass is 35.5. The van der Waals surface area contributed by atoms with Gasteiger partial charge in [-0.15, -0.1) is 0 Å². The van der Waals surface area contributed by atoms with Crippen LogP contribution >= 0.6 is 23.2 Å². The minimum absolute atomic E-state index is 0.144. The van der Waals surface area contributed by atoms with Gasteiger partial charge in [0.25, 0.3) is 5.69 Å². The number of non-ortho nitro benzene ring substituents is 1. The third-order valence-corrected chi connectivity index (χ3v) is 4.45. The number of anilines is 1. The Labute approximate surface area is 138 Å². The molecule has 0 unspecified atom stereocenters. The smallest absolute Gasteiger partial charge is 0.269 e. The van der Waals surface area contributed by atoms with Gasteiger partial charge in [-0.3, -0.25) is 10.1 Å². The fourth-order valence-electron chi connectivity index (χ4n) is 2.79. The maximum Gasteiger partial charge on any atom is 0.269 e. The molecule has 1 heterocycles. The predicted molar refractivity (Wildman–Crippen MR) is 88.9 cm³/mol. The third-order valence-electron chi connectivity index (χ3n) is 3.87. The summed E-state index contributed by atoms with van der Waals surface area (Å²) in [7, 11) is 0. The molecule has 0 N–H and O–H groups in total. The summed E-state index contributed by atoms with van der Waals surface area (Å²) in [5, 5.41) is 12.2. The van der Waals surface area contributed by atoms with E-state index >= 15 is 0 Å². The van der Waals surface area contributed by atoms with Crippen molar-refractivity contribution < 1.29 is 4.92 Å². The van der Waals surface area contributed by atoms with Crippen molar-refractivity contribution >= 4 is 34.6 Å². The molecule has 0 bridgehead atoms. The van der Waals surface area contributed by atoms with E-state index in [2.05, 4.69) is 4.90 Å². The fraction of sp³-hybridized carbons (Fsp3) is 0.250. The first-order chi connectivity index (χ1) is 10.5. The summed E-state index contributed by atoms with van der Waals surface area (Å²) in [6.07, 6.45) is 1.83. The molecule has 0 fully saturated rings. The molecule has 1 aliphatic heterocycles. The maximum absolute atomic E-state index is 10.9. The molecule has 114 valence electrons. The largest absolute Gasteiger partial charge is 0.367 e. The lowest BCUT2D eigenvalue weighted by atomic mass is 10.0. The van der Waals surface area contributed by atoms with Crippen molar-refractivity contribution in [3.63, 3.8) is 0 Å². The molecule has 0 radical (unpaired) electrons. The summed E-state index contributed by atoms with van der Waals surface area (Å²) < 4.78 is 0. The Morgan fingerprint density at radius 1 is 1.18 bits per heavy atom. The summed E-state index contributed by atoms with van der Waals surface area (Å²) in [6, 6.07) is 10.5. The van der Waals surface area contributed by atoms with Crippen LogP contribution in [0, 0.1) is 10.1 Å². The molecule has 0 saturated heterocycles. The molecule has 0 aromatic heterocycles. The first-order valence-electron chi connectivity index (χ1n) is 7.01. The van der Waals surface area contributed by atoms with Gasteiger partial charge in [-0.2, -0.15) is 0 Å². The van der Waals surface area contributed by atoms with Crippen LogP contribution in [0.3, 0.4) is 0 Å². The van der Waals surface area contributed by atoms with E-state index < -0.39 is 0 Å². The van der Waals surface area contributed by atoms with Crippen molar-refractivity contribution in [2.45, 2.75) is 19.4 Å². The molecule has 0 atom stereocenters. The topological polar surface area (TPSA) is 46.4 Å². The van der Waals surface area contributed by atoms with E-state index in [4.69, 9.17) is 23.2 Å². The molecule has 0 aliphatic carbocycles. The minimum Gasteiger partial charge on any atom is -0.367 e. The normalized spacial score (nSPS) is 13.8. The number of nitro benzene ring substituents is 1. The Balaban J connectivity index is 1.90. The second kappa shape index (κ2) is 6.15. The quantitative estimate of drug-likeness (QED) is 0.594. The Hall–Kier alpha value is -1.78. The van der Waals surface area contributed by atoms with E-state index in [1.54, 1.807) is 18.2 Å². The lowest BCUT2D eigenvalue weighted by Crippen LogP contribution is -2.28. The molecule has 1 aliphatic rings. The summed E-state index contributed by atoms with van der Waals surface area (Å²) in [5.74, 6) is 0. The van der Waals surface area contributed by atoms with Gasteiger partial charge in [-0.25, -0.2) is 0 Å². The molecular formula is C16H14Cl2N2O2. The second-order valence-corrected chi connectivity index (χ2v) is 6.17. The van der Waals surface area contributed by atoms with Crippen LogP contribution in [0.15, 0.2) is 36.4 Å². The van der Waals surface area contributed by atoms with Gasteiger partial charge in [0.1, 0.15) is 0 Å². The highest BCUT2D eigenvalue weighted by molar-refractivity contribution is 6.35. The van der Waals surface area contributed by atoms with E-state index in [0.717, 1.165) is 36.2 Å². The van der Waals surface area contributed by atoms with Crippen molar-refractivity contribution in [3.05, 3.63) is 67.7 Å². The van der Waals surface area contributed by atoms with Gasteiger partial charge in [-0.05, 0) is 42.2 Å². The Morgan fingerprint density at radius 3 is 2.73 bits per heavy atom. The van der Waals surface area contributed by atoms with Gasteiger partial charge in [-0.1, -0.05) is 29.3 Å². The van der Waals surface area contributed by atoms with Gasteiger partial charge in [0.05, 0.1) is 4.92 Å². The summed E-state index contributed by atoms with van der Waals surface area (Å²) in [6.45, 7) is 1.57. The van der Waals surface area contributed by atoms with Gasteiger partial charge in [0.15, 0.2) is 0 Å². The van der Waals surface area contributed by atoms with Crippen LogP contribution in [0.1, 0.15) is 17.5 Å². The van der Waals surface area contributed by atoms with Crippen molar-refractivity contribution in [2.75, 3.05) is 11.4 Å². The standard InChI is InChI=1S/C16H14Cl2N2O2/c17-13-4-3-12(15(18)9-13)10-19-7-1-2-11-8-14(20(21)22)5-6-16(11)19/h3-6,8-9H,1-2,7,10H2. The Kier molecular flexibility index (Phi) is 4.23. The SMILES string of the molecule is O=[N+]([O-])c1ccc2c(c1)CCCN2Cc1ccc(Cl)cc1Cl. The first-order valence-corrected chi connectivity index (χ1v) is 7.76. The molecule has 3 rings (SSSR count). The van der Waals surface area contributed by atoms with Crippen molar-refractivity contribution in [3.8, 4) is 0 Å². The number of nitrogens with zero attached hydrogens (tertiary/aromatic N) is 2. The van der Waals surface area contributed by atoms with E-state index in [1.807, 2.05) is 18.2 Å². The average Bonchev–Trinajstić information content (AvgIpc) is 2.49. The lowest BCUT2D eigenvalue weighted by molar-refractivity contribution is -0.384. The number of rotatable bonds is 3. The van der Waals surface area contributed by atoms with Gasteiger partial charge in [0.2, 0.25) is 0 Å². The Bertz CT molecular complexity index is 734. The van der Waals surface area contributed by atoms with Crippen LogP contribution in [0.4, 0.5) is 11.4 Å². The Morgan fingerprint density at radius 2 is 2.00 bits per heavy atom. The number of aryl methyl sites for hydroxylation is 1. The van der Waals surface area contributed by atoms with Crippen LogP contribution in [-0.2, 0) is 13.0 Å². The molecule has 6 heteroatoms. The minimum atomic E-state index is -0.352. The average molecular weight is 337 g/mol. The van der Waals surface area contributed by atoms with Crippen LogP contribution in [0.2, 0.25) is 10.0 Å². The van der Waals surface area contributed by atoms with Crippen molar-refractivity contribution in [1.29, 1.82) is 0 Å². The van der Waals surface area contributed by atoms with Crippen LogP contribution in [0.25, 0.3) is 0 Å². The fourth-order valence-corrected chi connectivity index (χ4v) is 3.26. The summed E-state index contributed by atoms with van der Waals surface area (Å²) in [5.41, 5.74) is 3.20. The van der Waals surface area contributed by atoms with Crippen LogP contribution in [0.5, 0.6) is 0 Å². The van der Waals surface area contributed by atoms with Gasteiger partial charge in [0, 0.05) is 41.0 Å². The maximum atomic E-state index is 10.9. The highest BCUT2D eigenvalue weighted by Gasteiger charge is 2.20. The number of nitro groups is 1. The number of halogens is 2. The summed E-state index contributed by atoms with van der Waals surface area (Å²) in [4.78, 5) is 12.8. The summed E-state index contributed by atoms with van der Waals surface area (Å²) >= 11 is 12.2. The molecule has 2 aromatic carbocycles. The monoisotopic (exact) mass is 336 g/mol. The zero-order valence-corrected chi connectivity index (χ0v) is 13.3. The number of benzene rings is 2. The van der Waals surface area contributed by atoms with Crippen molar-refractivity contribution in [2.24, 2.45) is 0 Å². The zero-order chi connectivity index (χ0) is 15.7. The number of fused-ring (bicyclic) bond motifs is 1. The van der Waals surface area contributed by atoms with E-state index in [0.29, 0.717) is 16.6 Å². The predicted octanol–water partition coefficient (Wildman–Crippen LogP) is 4.85. The van der Waals surface area contributed by atoms with E-state index in [-0.39, 0.29) is 10.6 Å². The molecule has 22 heavy (non-hydrogen) atoms. The molecule has 2 aromatic rings. The molecule has 0 saturated carbocycles. The number of hydrogen-bond donors (Lipinski definition) is 0. The van der Waals surface area contributed by atoms with E-state index in [1.165, 1.54) is 0 Å².